The molecule has 1 heterocycles. The maximum Gasteiger partial charge on any atom is 0.231 e. The zero-order valence-electron chi connectivity index (χ0n) is 10.2. The molecule has 0 unspecified atom stereocenters. The lowest BCUT2D eigenvalue weighted by Gasteiger charge is -2.10. The summed E-state index contributed by atoms with van der Waals surface area (Å²) in [4.78, 5) is 11.7. The van der Waals surface area contributed by atoms with E-state index in [2.05, 4.69) is 15.5 Å². The molecule has 20 heavy (non-hydrogen) atoms. The molecule has 2 rings (SSSR count). The van der Waals surface area contributed by atoms with Gasteiger partial charge >= 0.3 is 0 Å². The van der Waals surface area contributed by atoms with Crippen LogP contribution in [0.2, 0.25) is 10.0 Å². The van der Waals surface area contributed by atoms with Crippen LogP contribution in [0.15, 0.2) is 24.5 Å². The Bertz CT molecular complexity index is 654. The van der Waals surface area contributed by atoms with E-state index in [1.54, 1.807) is 24.5 Å². The molecule has 1 amide bonds. The molecule has 0 fully saturated rings. The van der Waals surface area contributed by atoms with Gasteiger partial charge in [-0.25, -0.2) is 0 Å². The summed E-state index contributed by atoms with van der Waals surface area (Å²) in [6.45, 7) is 0. The molecule has 0 bridgehead atoms. The minimum Gasteiger partial charge on any atom is -0.370 e. The summed E-state index contributed by atoms with van der Waals surface area (Å²) in [6, 6.07) is 3.41. The number of carbonyl (C=O) groups is 1. The van der Waals surface area contributed by atoms with Crippen LogP contribution in [0, 0.1) is 5.41 Å². The van der Waals surface area contributed by atoms with E-state index in [4.69, 9.17) is 34.3 Å². The van der Waals surface area contributed by atoms with Crippen molar-refractivity contribution in [1.29, 1.82) is 5.41 Å². The number of hydrogen-bond donors (Lipinski definition) is 4. The number of aromatic nitrogens is 2. The summed E-state index contributed by atoms with van der Waals surface area (Å²) in [5.41, 5.74) is 7.09. The molecule has 1 aromatic carbocycles. The number of halogens is 2. The van der Waals surface area contributed by atoms with Crippen molar-refractivity contribution in [2.45, 2.75) is 6.42 Å². The minimum atomic E-state index is -0.453. The molecule has 0 aliphatic heterocycles. The number of rotatable bonds is 3. The lowest BCUT2D eigenvalue weighted by Crippen LogP contribution is -2.36. The Morgan fingerprint density at radius 1 is 1.45 bits per heavy atom. The van der Waals surface area contributed by atoms with Gasteiger partial charge in [0.1, 0.15) is 0 Å². The first-order valence-corrected chi connectivity index (χ1v) is 6.34. The first kappa shape index (κ1) is 14.4. The van der Waals surface area contributed by atoms with Crippen LogP contribution in [-0.2, 0) is 11.2 Å². The van der Waals surface area contributed by atoms with Crippen molar-refractivity contribution in [3.63, 3.8) is 0 Å². The molecule has 104 valence electrons. The highest BCUT2D eigenvalue weighted by molar-refractivity contribution is 6.38. The maximum atomic E-state index is 11.7. The molecule has 0 aliphatic rings. The highest BCUT2D eigenvalue weighted by Gasteiger charge is 2.16. The van der Waals surface area contributed by atoms with Crippen LogP contribution in [0.25, 0.3) is 11.1 Å². The van der Waals surface area contributed by atoms with Gasteiger partial charge in [-0.2, -0.15) is 5.10 Å². The third-order valence-corrected chi connectivity index (χ3v) is 3.39. The molecule has 8 heteroatoms. The third-order valence-electron chi connectivity index (χ3n) is 2.61. The van der Waals surface area contributed by atoms with Crippen molar-refractivity contribution in [1.82, 2.24) is 15.5 Å². The van der Waals surface area contributed by atoms with Gasteiger partial charge in [0.15, 0.2) is 5.96 Å². The van der Waals surface area contributed by atoms with Crippen molar-refractivity contribution in [2.24, 2.45) is 5.73 Å². The fraction of sp³-hybridized carbons (Fsp3) is 0.0833. The molecule has 2 aromatic rings. The number of nitrogens with zero attached hydrogens (tertiary/aromatic N) is 1. The first-order chi connectivity index (χ1) is 9.49. The SMILES string of the molecule is N=C(N)NC(=O)Cc1c(Cl)ccc(-c2cn[nH]c2)c1Cl. The normalized spacial score (nSPS) is 10.3. The van der Waals surface area contributed by atoms with E-state index in [0.717, 1.165) is 11.1 Å². The molecule has 6 nitrogen and oxygen atoms in total. The number of hydrogen-bond acceptors (Lipinski definition) is 3. The minimum absolute atomic E-state index is 0.0665. The summed E-state index contributed by atoms with van der Waals surface area (Å²) in [5, 5.41) is 16.5. The number of benzene rings is 1. The van der Waals surface area contributed by atoms with Gasteiger partial charge in [0.2, 0.25) is 5.91 Å². The number of amides is 1. The van der Waals surface area contributed by atoms with Gasteiger partial charge in [-0.05, 0) is 11.6 Å². The fourth-order valence-corrected chi connectivity index (χ4v) is 2.35. The lowest BCUT2D eigenvalue weighted by molar-refractivity contribution is -0.119. The average Bonchev–Trinajstić information content (AvgIpc) is 2.87. The molecule has 0 atom stereocenters. The van der Waals surface area contributed by atoms with Crippen LogP contribution in [-0.4, -0.2) is 22.1 Å². The highest BCUT2D eigenvalue weighted by atomic mass is 35.5. The summed E-state index contributed by atoms with van der Waals surface area (Å²) in [5.74, 6) is -0.876. The van der Waals surface area contributed by atoms with Crippen molar-refractivity contribution >= 4 is 35.1 Å². The van der Waals surface area contributed by atoms with Gasteiger partial charge in [0, 0.05) is 22.3 Å². The van der Waals surface area contributed by atoms with E-state index < -0.39 is 11.9 Å². The fourth-order valence-electron chi connectivity index (χ4n) is 1.74. The summed E-state index contributed by atoms with van der Waals surface area (Å²) in [7, 11) is 0. The molecule has 1 aromatic heterocycles. The molecular weight excluding hydrogens is 301 g/mol. The Morgan fingerprint density at radius 3 is 2.80 bits per heavy atom. The Balaban J connectivity index is 2.35. The zero-order chi connectivity index (χ0) is 14.7. The molecule has 0 spiro atoms. The smallest absolute Gasteiger partial charge is 0.231 e. The molecule has 0 saturated carbocycles. The monoisotopic (exact) mass is 311 g/mol. The largest absolute Gasteiger partial charge is 0.370 e. The predicted molar refractivity (Wildman–Crippen MR) is 77.8 cm³/mol. The second kappa shape index (κ2) is 5.94. The second-order valence-corrected chi connectivity index (χ2v) is 4.80. The van der Waals surface area contributed by atoms with Gasteiger partial charge in [-0.3, -0.25) is 20.6 Å². The highest BCUT2D eigenvalue weighted by Crippen LogP contribution is 2.34. The van der Waals surface area contributed by atoms with E-state index >= 15 is 0 Å². The van der Waals surface area contributed by atoms with E-state index in [1.807, 2.05) is 0 Å². The maximum absolute atomic E-state index is 11.7. The van der Waals surface area contributed by atoms with Gasteiger partial charge in [-0.15, -0.1) is 0 Å². The van der Waals surface area contributed by atoms with Crippen LogP contribution < -0.4 is 11.1 Å². The molecule has 0 aliphatic carbocycles. The molecule has 0 radical (unpaired) electrons. The quantitative estimate of drug-likeness (QED) is 0.514. The number of nitrogens with two attached hydrogens (primary N) is 1. The summed E-state index contributed by atoms with van der Waals surface area (Å²) >= 11 is 12.4. The van der Waals surface area contributed by atoms with Crippen molar-refractivity contribution < 1.29 is 4.79 Å². The van der Waals surface area contributed by atoms with Gasteiger partial charge < -0.3 is 5.73 Å². The molecular formula is C12H11Cl2N5O. The van der Waals surface area contributed by atoms with Crippen LogP contribution in [0.1, 0.15) is 5.56 Å². The van der Waals surface area contributed by atoms with E-state index in [0.29, 0.717) is 15.6 Å². The third kappa shape index (κ3) is 3.09. The number of guanidine groups is 1. The van der Waals surface area contributed by atoms with E-state index in [-0.39, 0.29) is 6.42 Å². The Hall–Kier alpha value is -2.05. The standard InChI is InChI=1S/C12H11Cl2N5O/c13-9-2-1-7(6-4-17-18-5-6)11(14)8(9)3-10(20)19-12(15)16/h1-2,4-5H,3H2,(H,17,18)(H4,15,16,19,20). The Kier molecular flexibility index (Phi) is 4.26. The van der Waals surface area contributed by atoms with Crippen LogP contribution in [0.4, 0.5) is 0 Å². The topological polar surface area (TPSA) is 108 Å². The predicted octanol–water partition coefficient (Wildman–Crippen LogP) is 1.94. The number of carbonyl (C=O) groups excluding carboxylic acids is 1. The zero-order valence-corrected chi connectivity index (χ0v) is 11.7. The van der Waals surface area contributed by atoms with Crippen molar-refractivity contribution in [3.8, 4) is 11.1 Å². The van der Waals surface area contributed by atoms with E-state index in [1.165, 1.54) is 0 Å². The second-order valence-electron chi connectivity index (χ2n) is 4.01. The number of nitrogens with one attached hydrogen (secondary N) is 3. The average molecular weight is 312 g/mol. The van der Waals surface area contributed by atoms with Gasteiger partial charge in [0.05, 0.1) is 17.6 Å². The number of H-pyrrole nitrogens is 1. The van der Waals surface area contributed by atoms with Gasteiger partial charge in [-0.1, -0.05) is 29.3 Å². The van der Waals surface area contributed by atoms with Crippen molar-refractivity contribution in [2.75, 3.05) is 0 Å². The lowest BCUT2D eigenvalue weighted by atomic mass is 10.0. The summed E-state index contributed by atoms with van der Waals surface area (Å²) < 4.78 is 0. The van der Waals surface area contributed by atoms with Crippen LogP contribution in [0.5, 0.6) is 0 Å². The number of aromatic amines is 1. The Morgan fingerprint density at radius 2 is 2.20 bits per heavy atom. The van der Waals surface area contributed by atoms with Crippen LogP contribution >= 0.6 is 23.2 Å². The Labute approximate surface area is 124 Å². The van der Waals surface area contributed by atoms with E-state index in [9.17, 15) is 4.79 Å². The van der Waals surface area contributed by atoms with Crippen molar-refractivity contribution in [3.05, 3.63) is 40.1 Å². The van der Waals surface area contributed by atoms with Crippen LogP contribution in [0.3, 0.4) is 0 Å². The first-order valence-electron chi connectivity index (χ1n) is 5.59. The molecule has 0 saturated heterocycles. The molecule has 5 N–H and O–H groups in total. The summed E-state index contributed by atoms with van der Waals surface area (Å²) in [6.07, 6.45) is 3.24. The van der Waals surface area contributed by atoms with Gasteiger partial charge in [0.25, 0.3) is 0 Å².